The van der Waals surface area contributed by atoms with E-state index in [1.54, 1.807) is 0 Å². The highest BCUT2D eigenvalue weighted by Gasteiger charge is 2.09. The van der Waals surface area contributed by atoms with Crippen LogP contribution in [0.1, 0.15) is 36.9 Å². The quantitative estimate of drug-likeness (QED) is 0.748. The van der Waals surface area contributed by atoms with Gasteiger partial charge in [-0.15, -0.1) is 0 Å². The molecule has 122 valence electrons. The van der Waals surface area contributed by atoms with Crippen molar-refractivity contribution in [2.45, 2.75) is 32.7 Å². The number of hydrogen-bond acceptors (Lipinski definition) is 2. The van der Waals surface area contributed by atoms with Crippen LogP contribution in [0.5, 0.6) is 5.75 Å². The van der Waals surface area contributed by atoms with E-state index >= 15 is 0 Å². The minimum Gasteiger partial charge on any atom is -0.494 e. The van der Waals surface area contributed by atoms with Crippen molar-refractivity contribution in [2.75, 3.05) is 6.61 Å². The Hall–Kier alpha value is -2.00. The second-order valence-corrected chi connectivity index (χ2v) is 6.04. The predicted octanol–water partition coefficient (Wildman–Crippen LogP) is 4.68. The molecule has 3 nitrogen and oxygen atoms in total. The van der Waals surface area contributed by atoms with Crippen LogP contribution in [-0.4, -0.2) is 12.5 Å². The third-order valence-electron chi connectivity index (χ3n) is 3.59. The molecule has 0 aliphatic carbocycles. The zero-order valence-electron chi connectivity index (χ0n) is 13.5. The molecule has 0 aliphatic rings. The van der Waals surface area contributed by atoms with Gasteiger partial charge in [-0.3, -0.25) is 4.79 Å². The molecule has 2 rings (SSSR count). The summed E-state index contributed by atoms with van der Waals surface area (Å²) in [4.78, 5) is 12.0. The summed E-state index contributed by atoms with van der Waals surface area (Å²) < 4.78 is 5.62. The number of rotatable bonds is 7. The summed E-state index contributed by atoms with van der Waals surface area (Å²) in [7, 11) is 0. The number of nitrogens with one attached hydrogen (secondary N) is 1. The van der Waals surface area contributed by atoms with Crippen molar-refractivity contribution in [3.8, 4) is 5.75 Å². The molecule has 0 aromatic heterocycles. The molecule has 4 heteroatoms. The first-order valence-corrected chi connectivity index (χ1v) is 8.16. The van der Waals surface area contributed by atoms with Gasteiger partial charge >= 0.3 is 0 Å². The number of amides is 1. The molecule has 0 radical (unpaired) electrons. The number of hydrogen-bond donors (Lipinski definition) is 1. The summed E-state index contributed by atoms with van der Waals surface area (Å²) in [5.74, 6) is 0.866. The molecule has 0 saturated heterocycles. The molecular weight excluding hydrogens is 310 g/mol. The summed E-state index contributed by atoms with van der Waals surface area (Å²) >= 11 is 5.86. The summed E-state index contributed by atoms with van der Waals surface area (Å²) in [6.45, 7) is 4.53. The van der Waals surface area contributed by atoms with Gasteiger partial charge in [-0.1, -0.05) is 41.4 Å². The maximum atomic E-state index is 12.0. The SMILES string of the molecule is Cc1ccc(OCCCC(=O)N[C@H](C)c2ccc(Cl)cc2)cc1. The van der Waals surface area contributed by atoms with E-state index in [4.69, 9.17) is 16.3 Å². The lowest BCUT2D eigenvalue weighted by atomic mass is 10.1. The van der Waals surface area contributed by atoms with E-state index in [0.29, 0.717) is 24.5 Å². The number of benzene rings is 2. The second-order valence-electron chi connectivity index (χ2n) is 5.61. The van der Waals surface area contributed by atoms with Gasteiger partial charge < -0.3 is 10.1 Å². The summed E-state index contributed by atoms with van der Waals surface area (Å²) in [5.41, 5.74) is 2.24. The monoisotopic (exact) mass is 331 g/mol. The fourth-order valence-corrected chi connectivity index (χ4v) is 2.33. The number of carbonyl (C=O) groups excluding carboxylic acids is 1. The van der Waals surface area contributed by atoms with Crippen molar-refractivity contribution in [3.05, 3.63) is 64.7 Å². The largest absolute Gasteiger partial charge is 0.494 e. The highest BCUT2D eigenvalue weighted by Crippen LogP contribution is 2.16. The molecule has 1 amide bonds. The summed E-state index contributed by atoms with van der Waals surface area (Å²) in [5, 5.41) is 3.68. The molecule has 2 aromatic rings. The van der Waals surface area contributed by atoms with Gasteiger partial charge in [-0.05, 0) is 50.1 Å². The first kappa shape index (κ1) is 17.4. The average molecular weight is 332 g/mol. The van der Waals surface area contributed by atoms with Crippen LogP contribution in [-0.2, 0) is 4.79 Å². The van der Waals surface area contributed by atoms with Gasteiger partial charge in [0.1, 0.15) is 5.75 Å². The van der Waals surface area contributed by atoms with Gasteiger partial charge in [-0.25, -0.2) is 0 Å². The topological polar surface area (TPSA) is 38.3 Å². The van der Waals surface area contributed by atoms with E-state index < -0.39 is 0 Å². The number of aryl methyl sites for hydroxylation is 1. The zero-order chi connectivity index (χ0) is 16.7. The van der Waals surface area contributed by atoms with Crippen molar-refractivity contribution < 1.29 is 9.53 Å². The summed E-state index contributed by atoms with van der Waals surface area (Å²) in [6, 6.07) is 15.4. The summed E-state index contributed by atoms with van der Waals surface area (Å²) in [6.07, 6.45) is 1.14. The molecule has 0 unspecified atom stereocenters. The van der Waals surface area contributed by atoms with E-state index in [2.05, 4.69) is 5.32 Å². The molecule has 1 atom stereocenters. The fourth-order valence-electron chi connectivity index (χ4n) is 2.21. The van der Waals surface area contributed by atoms with E-state index in [1.165, 1.54) is 5.56 Å². The van der Waals surface area contributed by atoms with Crippen LogP contribution in [0.2, 0.25) is 5.02 Å². The van der Waals surface area contributed by atoms with Gasteiger partial charge in [0, 0.05) is 11.4 Å². The van der Waals surface area contributed by atoms with Crippen LogP contribution in [0.4, 0.5) is 0 Å². The maximum Gasteiger partial charge on any atom is 0.220 e. The van der Waals surface area contributed by atoms with E-state index in [9.17, 15) is 4.79 Å². The predicted molar refractivity (Wildman–Crippen MR) is 93.9 cm³/mol. The number of halogens is 1. The Morgan fingerprint density at radius 1 is 1.13 bits per heavy atom. The molecule has 1 N–H and O–H groups in total. The van der Waals surface area contributed by atoms with Crippen LogP contribution in [0, 0.1) is 6.92 Å². The first-order valence-electron chi connectivity index (χ1n) is 7.79. The van der Waals surface area contributed by atoms with Crippen LogP contribution in [0.15, 0.2) is 48.5 Å². The lowest BCUT2D eigenvalue weighted by molar-refractivity contribution is -0.121. The molecule has 0 aliphatic heterocycles. The van der Waals surface area contributed by atoms with E-state index in [0.717, 1.165) is 11.3 Å². The Morgan fingerprint density at radius 2 is 1.78 bits per heavy atom. The van der Waals surface area contributed by atoms with Crippen LogP contribution < -0.4 is 10.1 Å². The van der Waals surface area contributed by atoms with Crippen LogP contribution in [0.25, 0.3) is 0 Å². The maximum absolute atomic E-state index is 12.0. The van der Waals surface area contributed by atoms with Gasteiger partial charge in [0.25, 0.3) is 0 Å². The van der Waals surface area contributed by atoms with Crippen molar-refractivity contribution in [1.29, 1.82) is 0 Å². The van der Waals surface area contributed by atoms with Gasteiger partial charge in [0.15, 0.2) is 0 Å². The molecule has 23 heavy (non-hydrogen) atoms. The molecule has 0 spiro atoms. The molecule has 0 heterocycles. The van der Waals surface area contributed by atoms with Crippen LogP contribution >= 0.6 is 11.6 Å². The minimum absolute atomic E-state index is 0.0277. The minimum atomic E-state index is -0.0298. The Kier molecular flexibility index (Phi) is 6.48. The lowest BCUT2D eigenvalue weighted by Crippen LogP contribution is -2.26. The molecule has 0 fully saturated rings. The Balaban J connectivity index is 1.68. The van der Waals surface area contributed by atoms with Crippen LogP contribution in [0.3, 0.4) is 0 Å². The van der Waals surface area contributed by atoms with Crippen molar-refractivity contribution >= 4 is 17.5 Å². The third-order valence-corrected chi connectivity index (χ3v) is 3.84. The zero-order valence-corrected chi connectivity index (χ0v) is 14.3. The van der Waals surface area contributed by atoms with Crippen molar-refractivity contribution in [2.24, 2.45) is 0 Å². The lowest BCUT2D eigenvalue weighted by Gasteiger charge is -2.14. The molecule has 2 aromatic carbocycles. The first-order chi connectivity index (χ1) is 11.0. The van der Waals surface area contributed by atoms with Gasteiger partial charge in [0.2, 0.25) is 5.91 Å². The highest BCUT2D eigenvalue weighted by molar-refractivity contribution is 6.30. The number of carbonyl (C=O) groups is 1. The normalized spacial score (nSPS) is 11.8. The van der Waals surface area contributed by atoms with Gasteiger partial charge in [0.05, 0.1) is 12.6 Å². The third kappa shape index (κ3) is 5.95. The molecule has 0 bridgehead atoms. The Morgan fingerprint density at radius 3 is 2.43 bits per heavy atom. The number of ether oxygens (including phenoxy) is 1. The van der Waals surface area contributed by atoms with Crippen molar-refractivity contribution in [3.63, 3.8) is 0 Å². The Labute approximate surface area is 142 Å². The molecule has 0 saturated carbocycles. The van der Waals surface area contributed by atoms with E-state index in [-0.39, 0.29) is 11.9 Å². The smallest absolute Gasteiger partial charge is 0.220 e. The Bertz CT molecular complexity index is 623. The fraction of sp³-hybridized carbons (Fsp3) is 0.316. The second kappa shape index (κ2) is 8.59. The standard InChI is InChI=1S/C19H22ClNO2/c1-14-5-11-18(12-6-14)23-13-3-4-19(22)21-15(2)16-7-9-17(20)10-8-16/h5-12,15H,3-4,13H2,1-2H3,(H,21,22)/t15-/m1/s1. The molecular formula is C19H22ClNO2. The van der Waals surface area contributed by atoms with Crippen molar-refractivity contribution in [1.82, 2.24) is 5.32 Å². The van der Waals surface area contributed by atoms with E-state index in [1.807, 2.05) is 62.4 Å². The van der Waals surface area contributed by atoms with Gasteiger partial charge in [-0.2, -0.15) is 0 Å². The highest BCUT2D eigenvalue weighted by atomic mass is 35.5. The average Bonchev–Trinajstić information content (AvgIpc) is 2.54.